The molecule has 0 fully saturated rings. The van der Waals surface area contributed by atoms with Gasteiger partial charge in [0.15, 0.2) is 8.68 Å². The third-order valence-corrected chi connectivity index (χ3v) is 4.19. The number of nitrogens with two attached hydrogens (primary N) is 1. The third-order valence-electron chi connectivity index (χ3n) is 1.16. The van der Waals surface area contributed by atoms with Crippen LogP contribution in [0.25, 0.3) is 0 Å². The highest BCUT2D eigenvalue weighted by molar-refractivity contribution is 8.02. The predicted octanol–water partition coefficient (Wildman–Crippen LogP) is 1.68. The Morgan fingerprint density at radius 2 is 2.23 bits per heavy atom. The predicted molar refractivity (Wildman–Crippen MR) is 58.9 cm³/mol. The lowest BCUT2D eigenvalue weighted by molar-refractivity contribution is 0.955. The Balaban J connectivity index is 2.32. The van der Waals surface area contributed by atoms with E-state index < -0.39 is 0 Å². The molecule has 7 heteroatoms. The molecule has 1 heterocycles. The van der Waals surface area contributed by atoms with Gasteiger partial charge in [0.1, 0.15) is 0 Å². The number of amidine groups is 1. The lowest BCUT2D eigenvalue weighted by Crippen LogP contribution is -2.09. The van der Waals surface area contributed by atoms with Crippen LogP contribution in [0.4, 0.5) is 0 Å². The molecule has 0 spiro atoms. The largest absolute Gasteiger partial charge is 0.388 e. The molecule has 3 N–H and O–H groups in total. The summed E-state index contributed by atoms with van der Waals surface area (Å²) >= 11 is 4.77. The van der Waals surface area contributed by atoms with E-state index in [0.717, 1.165) is 14.4 Å². The van der Waals surface area contributed by atoms with Gasteiger partial charge in [0.25, 0.3) is 0 Å². The van der Waals surface area contributed by atoms with Crippen molar-refractivity contribution in [3.05, 3.63) is 0 Å². The summed E-state index contributed by atoms with van der Waals surface area (Å²) in [6, 6.07) is 0. The molecular formula is C6H10N4S3. The highest BCUT2D eigenvalue weighted by Crippen LogP contribution is 2.27. The van der Waals surface area contributed by atoms with E-state index in [4.69, 9.17) is 11.1 Å². The Labute approximate surface area is 89.2 Å². The molecule has 1 aromatic rings. The van der Waals surface area contributed by atoms with Gasteiger partial charge in [-0.25, -0.2) is 0 Å². The van der Waals surface area contributed by atoms with Crippen LogP contribution in [0.5, 0.6) is 0 Å². The van der Waals surface area contributed by atoms with Crippen LogP contribution in [-0.2, 0) is 0 Å². The van der Waals surface area contributed by atoms with Crippen LogP contribution in [0.3, 0.4) is 0 Å². The van der Waals surface area contributed by atoms with Gasteiger partial charge >= 0.3 is 0 Å². The molecule has 0 bridgehead atoms. The fourth-order valence-corrected chi connectivity index (χ4v) is 3.07. The SMILES string of the molecule is CSc1nnc(SCCC(=N)N)s1. The van der Waals surface area contributed by atoms with E-state index in [0.29, 0.717) is 6.42 Å². The zero-order valence-corrected chi connectivity index (χ0v) is 9.56. The average Bonchev–Trinajstić information content (AvgIpc) is 2.52. The Kier molecular flexibility index (Phi) is 4.54. The van der Waals surface area contributed by atoms with Crippen molar-refractivity contribution < 1.29 is 0 Å². The minimum atomic E-state index is 0.224. The zero-order chi connectivity index (χ0) is 9.68. The maximum atomic E-state index is 7.03. The molecule has 0 atom stereocenters. The van der Waals surface area contributed by atoms with E-state index in [1.165, 1.54) is 0 Å². The number of aromatic nitrogens is 2. The van der Waals surface area contributed by atoms with Crippen LogP contribution in [0, 0.1) is 5.41 Å². The molecule has 72 valence electrons. The summed E-state index contributed by atoms with van der Waals surface area (Å²) < 4.78 is 1.93. The number of hydrogen-bond donors (Lipinski definition) is 2. The Bertz CT molecular complexity index is 285. The van der Waals surface area contributed by atoms with Crippen LogP contribution < -0.4 is 5.73 Å². The first-order valence-electron chi connectivity index (χ1n) is 3.55. The molecule has 0 aliphatic heterocycles. The van der Waals surface area contributed by atoms with Gasteiger partial charge in [-0.1, -0.05) is 34.9 Å². The van der Waals surface area contributed by atoms with Crippen LogP contribution in [0.1, 0.15) is 6.42 Å². The van der Waals surface area contributed by atoms with Gasteiger partial charge in [-0.05, 0) is 6.26 Å². The molecule has 0 aliphatic rings. The third kappa shape index (κ3) is 3.97. The first kappa shape index (κ1) is 10.8. The van der Waals surface area contributed by atoms with Gasteiger partial charge < -0.3 is 5.73 Å². The Hall–Kier alpha value is -0.270. The lowest BCUT2D eigenvalue weighted by atomic mass is 10.5. The van der Waals surface area contributed by atoms with E-state index in [9.17, 15) is 0 Å². The molecule has 1 rings (SSSR count). The maximum absolute atomic E-state index is 7.03. The van der Waals surface area contributed by atoms with Crippen LogP contribution in [0.15, 0.2) is 8.68 Å². The van der Waals surface area contributed by atoms with Crippen molar-refractivity contribution in [2.24, 2.45) is 5.73 Å². The molecule has 0 radical (unpaired) electrons. The molecule has 0 saturated carbocycles. The summed E-state index contributed by atoms with van der Waals surface area (Å²) in [6.07, 6.45) is 2.59. The van der Waals surface area contributed by atoms with E-state index in [2.05, 4.69) is 10.2 Å². The lowest BCUT2D eigenvalue weighted by Gasteiger charge is -1.93. The van der Waals surface area contributed by atoms with Gasteiger partial charge in [0.2, 0.25) is 0 Å². The summed E-state index contributed by atoms with van der Waals surface area (Å²) in [7, 11) is 0. The Morgan fingerprint density at radius 3 is 2.77 bits per heavy atom. The summed E-state index contributed by atoms with van der Waals surface area (Å²) in [6.45, 7) is 0. The number of nitrogens with one attached hydrogen (secondary N) is 1. The zero-order valence-electron chi connectivity index (χ0n) is 7.11. The van der Waals surface area contributed by atoms with Gasteiger partial charge in [-0.15, -0.1) is 10.2 Å². The second kappa shape index (κ2) is 5.46. The second-order valence-corrected chi connectivity index (χ2v) is 5.53. The molecule has 0 aromatic carbocycles. The molecule has 13 heavy (non-hydrogen) atoms. The summed E-state index contributed by atoms with van der Waals surface area (Å²) in [5, 5.41) is 15.0. The summed E-state index contributed by atoms with van der Waals surface area (Å²) in [4.78, 5) is 0. The van der Waals surface area contributed by atoms with Crippen molar-refractivity contribution in [3.8, 4) is 0 Å². The fraction of sp³-hybridized carbons (Fsp3) is 0.500. The van der Waals surface area contributed by atoms with E-state index in [-0.39, 0.29) is 5.84 Å². The van der Waals surface area contributed by atoms with Crippen LogP contribution in [0.2, 0.25) is 0 Å². The van der Waals surface area contributed by atoms with Gasteiger partial charge in [-0.3, -0.25) is 5.41 Å². The number of nitrogens with zero attached hydrogens (tertiary/aromatic N) is 2. The highest BCUT2D eigenvalue weighted by Gasteiger charge is 2.03. The molecule has 0 unspecified atom stereocenters. The number of hydrogen-bond acceptors (Lipinski definition) is 6. The van der Waals surface area contributed by atoms with Crippen molar-refractivity contribution in [1.82, 2.24) is 10.2 Å². The minimum Gasteiger partial charge on any atom is -0.388 e. The van der Waals surface area contributed by atoms with Gasteiger partial charge in [-0.2, -0.15) is 0 Å². The topological polar surface area (TPSA) is 75.7 Å². The highest BCUT2D eigenvalue weighted by atomic mass is 32.2. The van der Waals surface area contributed by atoms with Crippen molar-refractivity contribution in [2.45, 2.75) is 15.1 Å². The minimum absolute atomic E-state index is 0.224. The van der Waals surface area contributed by atoms with Crippen LogP contribution >= 0.6 is 34.9 Å². The van der Waals surface area contributed by atoms with Gasteiger partial charge in [0.05, 0.1) is 5.84 Å². The molecule has 1 aromatic heterocycles. The van der Waals surface area contributed by atoms with E-state index >= 15 is 0 Å². The van der Waals surface area contributed by atoms with E-state index in [1.807, 2.05) is 6.26 Å². The molecule has 4 nitrogen and oxygen atoms in total. The normalized spacial score (nSPS) is 10.2. The first-order chi connectivity index (χ1) is 6.22. The summed E-state index contributed by atoms with van der Waals surface area (Å²) in [5.74, 6) is 1.03. The molecule has 0 aliphatic carbocycles. The fourth-order valence-electron chi connectivity index (χ4n) is 0.586. The van der Waals surface area contributed by atoms with Crippen molar-refractivity contribution in [3.63, 3.8) is 0 Å². The van der Waals surface area contributed by atoms with Crippen molar-refractivity contribution in [1.29, 1.82) is 5.41 Å². The van der Waals surface area contributed by atoms with Gasteiger partial charge in [0, 0.05) is 12.2 Å². The quantitative estimate of drug-likeness (QED) is 0.460. The second-order valence-electron chi connectivity index (χ2n) is 2.16. The van der Waals surface area contributed by atoms with Crippen LogP contribution in [-0.4, -0.2) is 28.0 Å². The van der Waals surface area contributed by atoms with Crippen molar-refractivity contribution in [2.75, 3.05) is 12.0 Å². The monoisotopic (exact) mass is 234 g/mol. The standard InChI is InChI=1S/C6H10N4S3/c1-11-5-9-10-6(13-5)12-3-2-4(7)8/h2-3H2,1H3,(H3,7,8). The molecule has 0 saturated heterocycles. The smallest absolute Gasteiger partial charge is 0.175 e. The first-order valence-corrected chi connectivity index (χ1v) is 6.58. The van der Waals surface area contributed by atoms with E-state index in [1.54, 1.807) is 34.9 Å². The number of rotatable bonds is 5. The van der Waals surface area contributed by atoms with Crippen molar-refractivity contribution >= 4 is 40.7 Å². The average molecular weight is 234 g/mol. The summed E-state index contributed by atoms with van der Waals surface area (Å²) in [5.41, 5.74) is 5.22. The molecule has 0 amide bonds. The number of thioether (sulfide) groups is 2. The maximum Gasteiger partial charge on any atom is 0.175 e. The molecular weight excluding hydrogens is 224 g/mol. The Morgan fingerprint density at radius 1 is 1.54 bits per heavy atom.